The van der Waals surface area contributed by atoms with Crippen LogP contribution in [0.5, 0.6) is 5.75 Å². The first-order chi connectivity index (χ1) is 10.1. The molecule has 0 saturated carbocycles. The van der Waals surface area contributed by atoms with Crippen molar-refractivity contribution >= 4 is 11.6 Å². The topological polar surface area (TPSA) is 50.4 Å². The van der Waals surface area contributed by atoms with Crippen LogP contribution in [-0.2, 0) is 4.79 Å². The van der Waals surface area contributed by atoms with Crippen molar-refractivity contribution in [2.45, 2.75) is 32.6 Å². The van der Waals surface area contributed by atoms with E-state index in [1.807, 2.05) is 0 Å². The number of carbonyl (C=O) groups excluding carboxylic acids is 1. The van der Waals surface area contributed by atoms with E-state index in [9.17, 15) is 9.18 Å². The monoisotopic (exact) mass is 294 g/mol. The summed E-state index contributed by atoms with van der Waals surface area (Å²) in [6.45, 7) is 3.73. The van der Waals surface area contributed by atoms with Crippen molar-refractivity contribution in [2.75, 3.05) is 25.5 Å². The van der Waals surface area contributed by atoms with Crippen LogP contribution in [0.25, 0.3) is 0 Å². The van der Waals surface area contributed by atoms with E-state index in [0.29, 0.717) is 5.75 Å². The number of hydrogen-bond donors (Lipinski definition) is 2. The lowest BCUT2D eigenvalue weighted by Gasteiger charge is -2.36. The molecule has 0 radical (unpaired) electrons. The Balaban J connectivity index is 2.18. The molecule has 1 heterocycles. The third kappa shape index (κ3) is 3.53. The van der Waals surface area contributed by atoms with Crippen LogP contribution in [0.3, 0.4) is 0 Å². The normalized spacial score (nSPS) is 17.3. The summed E-state index contributed by atoms with van der Waals surface area (Å²) in [7, 11) is 1.52. The van der Waals surface area contributed by atoms with Crippen LogP contribution in [0.15, 0.2) is 18.2 Å². The van der Waals surface area contributed by atoms with Gasteiger partial charge in [-0.25, -0.2) is 4.39 Å². The standard InChI is InChI=1S/C16H23FN2O2/c1-3-6-16(7-9-18-10-8-16)15(20)19-14-11-12(21-2)4-5-13(14)17/h4-5,11,18H,3,6-10H2,1-2H3,(H,19,20). The summed E-state index contributed by atoms with van der Waals surface area (Å²) in [4.78, 5) is 12.7. The summed E-state index contributed by atoms with van der Waals surface area (Å²) in [6, 6.07) is 4.37. The second kappa shape index (κ2) is 6.89. The van der Waals surface area contributed by atoms with Crippen molar-refractivity contribution in [2.24, 2.45) is 5.41 Å². The minimum absolute atomic E-state index is 0.0852. The molecule has 21 heavy (non-hydrogen) atoms. The van der Waals surface area contributed by atoms with Crippen LogP contribution in [0.4, 0.5) is 10.1 Å². The largest absolute Gasteiger partial charge is 0.497 e. The van der Waals surface area contributed by atoms with Gasteiger partial charge in [-0.15, -0.1) is 0 Å². The molecule has 116 valence electrons. The number of amides is 1. The van der Waals surface area contributed by atoms with Gasteiger partial charge >= 0.3 is 0 Å². The Labute approximate surface area is 125 Å². The highest BCUT2D eigenvalue weighted by Crippen LogP contribution is 2.36. The van der Waals surface area contributed by atoms with Gasteiger partial charge in [0.2, 0.25) is 5.91 Å². The molecule has 1 saturated heterocycles. The van der Waals surface area contributed by atoms with Gasteiger partial charge in [0.05, 0.1) is 18.2 Å². The zero-order valence-electron chi connectivity index (χ0n) is 12.7. The van der Waals surface area contributed by atoms with Crippen molar-refractivity contribution in [1.29, 1.82) is 0 Å². The summed E-state index contributed by atoms with van der Waals surface area (Å²) in [5.74, 6) is 0.00397. The number of piperidine rings is 1. The number of rotatable bonds is 5. The molecule has 1 aromatic carbocycles. The fourth-order valence-electron chi connectivity index (χ4n) is 2.96. The summed E-state index contributed by atoms with van der Waals surface area (Å²) >= 11 is 0. The predicted octanol–water partition coefficient (Wildman–Crippen LogP) is 2.94. The average molecular weight is 294 g/mol. The first-order valence-electron chi connectivity index (χ1n) is 7.47. The van der Waals surface area contributed by atoms with E-state index < -0.39 is 11.2 Å². The molecule has 1 amide bonds. The highest BCUT2D eigenvalue weighted by atomic mass is 19.1. The number of nitrogens with one attached hydrogen (secondary N) is 2. The molecule has 4 nitrogen and oxygen atoms in total. The van der Waals surface area contributed by atoms with Crippen molar-refractivity contribution in [3.05, 3.63) is 24.0 Å². The van der Waals surface area contributed by atoms with Gasteiger partial charge < -0.3 is 15.4 Å². The van der Waals surface area contributed by atoms with E-state index in [-0.39, 0.29) is 11.6 Å². The zero-order chi connectivity index (χ0) is 15.3. The average Bonchev–Trinajstić information content (AvgIpc) is 2.50. The van der Waals surface area contributed by atoms with Gasteiger partial charge in [-0.2, -0.15) is 0 Å². The second-order valence-electron chi connectivity index (χ2n) is 5.58. The molecule has 1 aliphatic rings. The molecular weight excluding hydrogens is 271 g/mol. The molecule has 0 bridgehead atoms. The van der Waals surface area contributed by atoms with Gasteiger partial charge in [0.25, 0.3) is 0 Å². The van der Waals surface area contributed by atoms with Gasteiger partial charge in [-0.1, -0.05) is 13.3 Å². The van der Waals surface area contributed by atoms with Crippen molar-refractivity contribution in [1.82, 2.24) is 5.32 Å². The maximum absolute atomic E-state index is 13.9. The minimum Gasteiger partial charge on any atom is -0.497 e. The van der Waals surface area contributed by atoms with Crippen LogP contribution < -0.4 is 15.4 Å². The lowest BCUT2D eigenvalue weighted by Crippen LogP contribution is -2.45. The van der Waals surface area contributed by atoms with Crippen molar-refractivity contribution in [3.63, 3.8) is 0 Å². The molecule has 1 aliphatic heterocycles. The third-order valence-corrected chi connectivity index (χ3v) is 4.19. The number of methoxy groups -OCH3 is 1. The zero-order valence-corrected chi connectivity index (χ0v) is 12.7. The molecule has 0 aromatic heterocycles. The van der Waals surface area contributed by atoms with Gasteiger partial charge in [0, 0.05) is 6.07 Å². The van der Waals surface area contributed by atoms with E-state index >= 15 is 0 Å². The van der Waals surface area contributed by atoms with Gasteiger partial charge in [-0.3, -0.25) is 4.79 Å². The van der Waals surface area contributed by atoms with Crippen LogP contribution >= 0.6 is 0 Å². The van der Waals surface area contributed by atoms with Gasteiger partial charge in [0.15, 0.2) is 0 Å². The second-order valence-corrected chi connectivity index (χ2v) is 5.58. The minimum atomic E-state index is -0.440. The number of carbonyl (C=O) groups is 1. The molecule has 1 aromatic rings. The van der Waals surface area contributed by atoms with Gasteiger partial charge in [0.1, 0.15) is 11.6 Å². The summed E-state index contributed by atoms with van der Waals surface area (Å²) in [6.07, 6.45) is 3.34. The molecule has 0 unspecified atom stereocenters. The van der Waals surface area contributed by atoms with Crippen LogP contribution in [0.1, 0.15) is 32.6 Å². The lowest BCUT2D eigenvalue weighted by atomic mass is 9.74. The molecule has 5 heteroatoms. The fourth-order valence-corrected chi connectivity index (χ4v) is 2.96. The number of halogens is 1. The van der Waals surface area contributed by atoms with Crippen molar-refractivity contribution < 1.29 is 13.9 Å². The summed E-state index contributed by atoms with van der Waals surface area (Å²) in [5.41, 5.74) is -0.205. The van der Waals surface area contributed by atoms with Crippen LogP contribution in [0.2, 0.25) is 0 Å². The number of anilines is 1. The Morgan fingerprint density at radius 2 is 2.14 bits per heavy atom. The highest BCUT2D eigenvalue weighted by molar-refractivity contribution is 5.95. The highest BCUT2D eigenvalue weighted by Gasteiger charge is 2.38. The molecule has 0 aliphatic carbocycles. The van der Waals surface area contributed by atoms with E-state index in [2.05, 4.69) is 17.6 Å². The quantitative estimate of drug-likeness (QED) is 0.878. The Hall–Kier alpha value is -1.62. The molecule has 2 rings (SSSR count). The van der Waals surface area contributed by atoms with Gasteiger partial charge in [-0.05, 0) is 44.5 Å². The molecule has 0 spiro atoms. The van der Waals surface area contributed by atoms with E-state index in [1.165, 1.54) is 25.3 Å². The SMILES string of the molecule is CCCC1(C(=O)Nc2cc(OC)ccc2F)CCNCC1. The Morgan fingerprint density at radius 3 is 2.76 bits per heavy atom. The van der Waals surface area contributed by atoms with Crippen LogP contribution in [0, 0.1) is 11.2 Å². The molecule has 2 N–H and O–H groups in total. The predicted molar refractivity (Wildman–Crippen MR) is 81.0 cm³/mol. The smallest absolute Gasteiger partial charge is 0.230 e. The first kappa shape index (κ1) is 15.8. The Morgan fingerprint density at radius 1 is 1.43 bits per heavy atom. The van der Waals surface area contributed by atoms with Crippen molar-refractivity contribution in [3.8, 4) is 5.75 Å². The molecular formula is C16H23FN2O2. The summed E-state index contributed by atoms with van der Waals surface area (Å²) < 4.78 is 18.9. The fraction of sp³-hybridized carbons (Fsp3) is 0.562. The number of benzene rings is 1. The Bertz CT molecular complexity index is 494. The lowest BCUT2D eigenvalue weighted by molar-refractivity contribution is -0.127. The number of hydrogen-bond acceptors (Lipinski definition) is 3. The van der Waals surface area contributed by atoms with E-state index in [1.54, 1.807) is 0 Å². The van der Waals surface area contributed by atoms with Crippen LogP contribution in [-0.4, -0.2) is 26.1 Å². The summed E-state index contributed by atoms with van der Waals surface area (Å²) in [5, 5.41) is 6.03. The maximum Gasteiger partial charge on any atom is 0.230 e. The van der Waals surface area contributed by atoms with E-state index in [0.717, 1.165) is 38.8 Å². The maximum atomic E-state index is 13.9. The van der Waals surface area contributed by atoms with E-state index in [4.69, 9.17) is 4.74 Å². The third-order valence-electron chi connectivity index (χ3n) is 4.19. The Kier molecular flexibility index (Phi) is 5.17. The number of ether oxygens (including phenoxy) is 1. The first-order valence-corrected chi connectivity index (χ1v) is 7.47. The molecule has 1 fully saturated rings. The molecule has 0 atom stereocenters.